The molecule has 2 heterocycles. The fourth-order valence-corrected chi connectivity index (χ4v) is 2.73. The Kier molecular flexibility index (Phi) is 2.86. The zero-order chi connectivity index (χ0) is 11.8. The smallest absolute Gasteiger partial charge is 0.179 e. The van der Waals surface area contributed by atoms with Gasteiger partial charge in [0.25, 0.3) is 0 Å². The second-order valence-electron chi connectivity index (χ2n) is 4.09. The van der Waals surface area contributed by atoms with Crippen LogP contribution in [0.5, 0.6) is 0 Å². The number of hydrogen-bond donors (Lipinski definition) is 1. The lowest BCUT2D eigenvalue weighted by molar-refractivity contribution is 0.601. The maximum atomic E-state index is 11.6. The lowest BCUT2D eigenvalue weighted by Gasteiger charge is -2.19. The average molecular weight is 241 g/mol. The molecule has 1 unspecified atom stereocenters. The molecule has 1 aliphatic rings. The van der Waals surface area contributed by atoms with E-state index in [9.17, 15) is 8.42 Å². The normalized spacial score (nSPS) is 21.4. The van der Waals surface area contributed by atoms with Gasteiger partial charge in [-0.05, 0) is 18.6 Å². The van der Waals surface area contributed by atoms with Gasteiger partial charge in [-0.3, -0.25) is 0 Å². The van der Waals surface area contributed by atoms with Gasteiger partial charge in [0.05, 0.1) is 0 Å². The van der Waals surface area contributed by atoms with Gasteiger partial charge >= 0.3 is 0 Å². The predicted molar refractivity (Wildman–Crippen MR) is 62.2 cm³/mol. The Morgan fingerprint density at radius 2 is 2.31 bits per heavy atom. The van der Waals surface area contributed by atoms with E-state index in [0.29, 0.717) is 12.4 Å². The summed E-state index contributed by atoms with van der Waals surface area (Å²) in [5, 5.41) is 0. The van der Waals surface area contributed by atoms with Crippen molar-refractivity contribution in [2.75, 3.05) is 24.2 Å². The van der Waals surface area contributed by atoms with Crippen molar-refractivity contribution in [3.8, 4) is 0 Å². The predicted octanol–water partition coefficient (Wildman–Crippen LogP) is 0.0225. The van der Waals surface area contributed by atoms with E-state index in [1.165, 1.54) is 6.26 Å². The van der Waals surface area contributed by atoms with Crippen molar-refractivity contribution in [2.45, 2.75) is 17.4 Å². The Morgan fingerprint density at radius 3 is 2.88 bits per heavy atom. The molecule has 1 aromatic rings. The topological polar surface area (TPSA) is 76.3 Å². The van der Waals surface area contributed by atoms with E-state index >= 15 is 0 Å². The van der Waals surface area contributed by atoms with Crippen molar-refractivity contribution in [1.82, 2.24) is 4.98 Å². The average Bonchev–Trinajstić information content (AvgIpc) is 2.64. The van der Waals surface area contributed by atoms with Crippen molar-refractivity contribution in [1.29, 1.82) is 0 Å². The first-order valence-electron chi connectivity index (χ1n) is 5.14. The first-order chi connectivity index (χ1) is 7.48. The van der Waals surface area contributed by atoms with Crippen LogP contribution in [-0.2, 0) is 9.84 Å². The summed E-state index contributed by atoms with van der Waals surface area (Å²) in [5.74, 6) is 0.526. The van der Waals surface area contributed by atoms with Gasteiger partial charge in [-0.2, -0.15) is 0 Å². The largest absolute Gasteiger partial charge is 0.354 e. The van der Waals surface area contributed by atoms with Gasteiger partial charge in [0, 0.05) is 31.6 Å². The van der Waals surface area contributed by atoms with Crippen LogP contribution < -0.4 is 10.6 Å². The molecule has 0 aromatic carbocycles. The quantitative estimate of drug-likeness (QED) is 0.790. The van der Waals surface area contributed by atoms with Gasteiger partial charge in [-0.25, -0.2) is 13.4 Å². The molecule has 0 aliphatic carbocycles. The van der Waals surface area contributed by atoms with Crippen molar-refractivity contribution in [3.05, 3.63) is 18.3 Å². The minimum absolute atomic E-state index is 0.106. The zero-order valence-corrected chi connectivity index (χ0v) is 9.94. The zero-order valence-electron chi connectivity index (χ0n) is 9.13. The second kappa shape index (κ2) is 4.03. The van der Waals surface area contributed by atoms with Gasteiger partial charge < -0.3 is 10.6 Å². The summed E-state index contributed by atoms with van der Waals surface area (Å²) in [4.78, 5) is 6.37. The Balaban J connectivity index is 2.41. The Morgan fingerprint density at radius 1 is 1.56 bits per heavy atom. The highest BCUT2D eigenvalue weighted by Gasteiger charge is 2.25. The number of pyridine rings is 1. The van der Waals surface area contributed by atoms with E-state index in [4.69, 9.17) is 5.73 Å². The molecule has 16 heavy (non-hydrogen) atoms. The minimum Gasteiger partial charge on any atom is -0.354 e. The van der Waals surface area contributed by atoms with Crippen molar-refractivity contribution in [3.63, 3.8) is 0 Å². The molecule has 5 nitrogen and oxygen atoms in total. The third-order valence-electron chi connectivity index (χ3n) is 2.67. The van der Waals surface area contributed by atoms with Crippen LogP contribution in [0.15, 0.2) is 23.2 Å². The molecule has 0 spiro atoms. The summed E-state index contributed by atoms with van der Waals surface area (Å²) in [5.41, 5.74) is 5.80. The summed E-state index contributed by atoms with van der Waals surface area (Å²) in [6.45, 7) is 1.43. The number of nitrogens with zero attached hydrogens (tertiary/aromatic N) is 2. The molecule has 88 valence electrons. The minimum atomic E-state index is -3.23. The van der Waals surface area contributed by atoms with Crippen LogP contribution in [0.4, 0.5) is 5.82 Å². The van der Waals surface area contributed by atoms with Gasteiger partial charge in [0.15, 0.2) is 9.84 Å². The number of hydrogen-bond acceptors (Lipinski definition) is 5. The number of anilines is 1. The van der Waals surface area contributed by atoms with Crippen molar-refractivity contribution in [2.24, 2.45) is 5.73 Å². The standard InChI is InChI=1S/C10H15N3O2S/c1-16(14,15)9-3-2-5-12-10(9)13-6-4-8(11)7-13/h2-3,5,8H,4,6-7,11H2,1H3. The molecular formula is C10H15N3O2S. The maximum absolute atomic E-state index is 11.6. The Bertz CT molecular complexity index is 487. The Hall–Kier alpha value is -1.14. The molecule has 1 aromatic heterocycles. The summed E-state index contributed by atoms with van der Waals surface area (Å²) >= 11 is 0. The summed E-state index contributed by atoms with van der Waals surface area (Å²) in [6, 6.07) is 3.33. The van der Waals surface area contributed by atoms with Crippen LogP contribution >= 0.6 is 0 Å². The highest BCUT2D eigenvalue weighted by molar-refractivity contribution is 7.90. The molecule has 2 rings (SSSR count). The molecule has 0 radical (unpaired) electrons. The van der Waals surface area contributed by atoms with Crippen molar-refractivity contribution < 1.29 is 8.42 Å². The van der Waals surface area contributed by atoms with E-state index in [1.54, 1.807) is 18.3 Å². The number of sulfone groups is 1. The molecule has 1 atom stereocenters. The number of nitrogens with two attached hydrogens (primary N) is 1. The van der Waals surface area contributed by atoms with Crippen LogP contribution in [0, 0.1) is 0 Å². The fourth-order valence-electron chi connectivity index (χ4n) is 1.89. The first-order valence-corrected chi connectivity index (χ1v) is 7.03. The third-order valence-corrected chi connectivity index (χ3v) is 3.79. The van der Waals surface area contributed by atoms with Crippen LogP contribution in [0.25, 0.3) is 0 Å². The number of rotatable bonds is 2. The molecule has 1 fully saturated rings. The maximum Gasteiger partial charge on any atom is 0.179 e. The lowest BCUT2D eigenvalue weighted by Crippen LogP contribution is -2.28. The van der Waals surface area contributed by atoms with Gasteiger partial charge in [0.2, 0.25) is 0 Å². The van der Waals surface area contributed by atoms with Gasteiger partial charge in [0.1, 0.15) is 10.7 Å². The summed E-state index contributed by atoms with van der Waals surface area (Å²) in [7, 11) is -3.23. The fraction of sp³-hybridized carbons (Fsp3) is 0.500. The van der Waals surface area contributed by atoms with Crippen LogP contribution in [-0.4, -0.2) is 38.8 Å². The molecule has 0 saturated carbocycles. The SMILES string of the molecule is CS(=O)(=O)c1cccnc1N1CCC(N)C1. The monoisotopic (exact) mass is 241 g/mol. The van der Waals surface area contributed by atoms with E-state index in [1.807, 2.05) is 4.90 Å². The highest BCUT2D eigenvalue weighted by atomic mass is 32.2. The highest BCUT2D eigenvalue weighted by Crippen LogP contribution is 2.24. The molecule has 1 saturated heterocycles. The van der Waals surface area contributed by atoms with E-state index in [2.05, 4.69) is 4.98 Å². The van der Waals surface area contributed by atoms with Gasteiger partial charge in [-0.1, -0.05) is 0 Å². The van der Waals surface area contributed by atoms with E-state index in [-0.39, 0.29) is 10.9 Å². The lowest BCUT2D eigenvalue weighted by atomic mass is 10.3. The second-order valence-corrected chi connectivity index (χ2v) is 6.08. The van der Waals surface area contributed by atoms with Crippen molar-refractivity contribution >= 4 is 15.7 Å². The van der Waals surface area contributed by atoms with Crippen LogP contribution in [0.1, 0.15) is 6.42 Å². The third kappa shape index (κ3) is 2.17. The first kappa shape index (κ1) is 11.3. The molecule has 2 N–H and O–H groups in total. The number of aromatic nitrogens is 1. The molecule has 0 bridgehead atoms. The Labute approximate surface area is 95.2 Å². The van der Waals surface area contributed by atoms with E-state index < -0.39 is 9.84 Å². The molecule has 0 amide bonds. The summed E-state index contributed by atoms with van der Waals surface area (Å²) < 4.78 is 23.2. The van der Waals surface area contributed by atoms with Crippen LogP contribution in [0.3, 0.4) is 0 Å². The molecule has 6 heteroatoms. The van der Waals surface area contributed by atoms with Crippen LogP contribution in [0.2, 0.25) is 0 Å². The van der Waals surface area contributed by atoms with E-state index in [0.717, 1.165) is 13.0 Å². The van der Waals surface area contributed by atoms with Gasteiger partial charge in [-0.15, -0.1) is 0 Å². The summed E-state index contributed by atoms with van der Waals surface area (Å²) in [6.07, 6.45) is 3.68. The molecular weight excluding hydrogens is 226 g/mol. The molecule has 1 aliphatic heterocycles.